The number of nitrogens with one attached hydrogen (secondary N) is 1. The Balaban J connectivity index is 2.03. The van der Waals surface area contributed by atoms with E-state index < -0.39 is 0 Å². The van der Waals surface area contributed by atoms with E-state index in [1.807, 2.05) is 13.8 Å². The number of rotatable bonds is 6. The number of aromatic amines is 1. The van der Waals surface area contributed by atoms with Crippen LogP contribution in [0.1, 0.15) is 28.1 Å². The monoisotopic (exact) mass is 322 g/mol. The quantitative estimate of drug-likeness (QED) is 0.247. The van der Waals surface area contributed by atoms with E-state index >= 15 is 0 Å². The van der Waals surface area contributed by atoms with Crippen LogP contribution in [-0.2, 0) is 6.42 Å². The van der Waals surface area contributed by atoms with Gasteiger partial charge in [0.15, 0.2) is 0 Å². The largest absolute Gasteiger partial charge is 0.493 e. The summed E-state index contributed by atoms with van der Waals surface area (Å²) >= 11 is 1.11. The molecule has 4 N–H and O–H groups in total. The highest BCUT2D eigenvalue weighted by Crippen LogP contribution is 2.30. The zero-order chi connectivity index (χ0) is 16.1. The number of anilines is 1. The molecule has 0 spiro atoms. The van der Waals surface area contributed by atoms with Crippen LogP contribution in [-0.4, -0.2) is 28.2 Å². The number of hydrogen-bond donors (Lipinski definition) is 3. The van der Waals surface area contributed by atoms with Gasteiger partial charge >= 0.3 is 4.87 Å². The third-order valence-corrected chi connectivity index (χ3v) is 4.04. The molecule has 8 heteroatoms. The zero-order valence-electron chi connectivity index (χ0n) is 12.4. The minimum atomic E-state index is -0.144. The highest BCUT2D eigenvalue weighted by molar-refractivity contribution is 7.08. The van der Waals surface area contributed by atoms with Crippen LogP contribution in [0.4, 0.5) is 5.69 Å². The summed E-state index contributed by atoms with van der Waals surface area (Å²) in [6.45, 7) is 4.28. The molecular formula is C14H18N4O3S. The number of nitrogens with two attached hydrogens (primary N) is 1. The van der Waals surface area contributed by atoms with Crippen LogP contribution in [0.2, 0.25) is 0 Å². The normalized spacial score (nSPS) is 11.2. The van der Waals surface area contributed by atoms with Gasteiger partial charge in [0.25, 0.3) is 0 Å². The van der Waals surface area contributed by atoms with Crippen LogP contribution in [0.25, 0.3) is 0 Å². The summed E-state index contributed by atoms with van der Waals surface area (Å²) in [4.78, 5) is 10.8. The topological polar surface area (TPSA) is 114 Å². The number of ether oxygens (including phenoxy) is 1. The number of H-pyrrole nitrogens is 1. The van der Waals surface area contributed by atoms with Crippen molar-refractivity contribution in [1.29, 1.82) is 0 Å². The van der Waals surface area contributed by atoms with Crippen LogP contribution < -0.4 is 15.3 Å². The Hall–Kier alpha value is -2.35. The highest BCUT2D eigenvalue weighted by Gasteiger charge is 2.12. The molecule has 1 aromatic heterocycles. The number of aromatic nitrogens is 2. The van der Waals surface area contributed by atoms with Gasteiger partial charge < -0.3 is 15.7 Å². The molecule has 1 heterocycles. The highest BCUT2D eigenvalue weighted by atomic mass is 32.1. The molecule has 0 radical (unpaired) electrons. The van der Waals surface area contributed by atoms with Crippen LogP contribution >= 0.6 is 11.3 Å². The van der Waals surface area contributed by atoms with E-state index in [-0.39, 0.29) is 4.87 Å². The third kappa shape index (κ3) is 3.64. The molecule has 0 saturated carbocycles. The predicted octanol–water partition coefficient (Wildman–Crippen LogP) is 1.85. The maximum atomic E-state index is 11.0. The van der Waals surface area contributed by atoms with Crippen molar-refractivity contribution in [1.82, 2.24) is 10.2 Å². The lowest BCUT2D eigenvalue weighted by Gasteiger charge is -2.15. The Morgan fingerprint density at radius 1 is 1.55 bits per heavy atom. The summed E-state index contributed by atoms with van der Waals surface area (Å²) in [7, 11) is 0. The van der Waals surface area contributed by atoms with E-state index in [4.69, 9.17) is 15.7 Å². The molecule has 22 heavy (non-hydrogen) atoms. The summed E-state index contributed by atoms with van der Waals surface area (Å²) in [6, 6.07) is 1.79. The average molecular weight is 322 g/mol. The molecule has 0 unspecified atom stereocenters. The van der Waals surface area contributed by atoms with E-state index in [0.717, 1.165) is 39.6 Å². The van der Waals surface area contributed by atoms with Crippen molar-refractivity contribution in [2.45, 2.75) is 26.7 Å². The van der Waals surface area contributed by atoms with Crippen LogP contribution in [0.5, 0.6) is 5.75 Å². The van der Waals surface area contributed by atoms with Crippen molar-refractivity contribution >= 4 is 23.2 Å². The first kappa shape index (κ1) is 16.0. The molecule has 1 aromatic carbocycles. The van der Waals surface area contributed by atoms with Gasteiger partial charge in [-0.2, -0.15) is 5.10 Å². The van der Waals surface area contributed by atoms with Crippen molar-refractivity contribution in [3.63, 3.8) is 0 Å². The molecule has 0 aliphatic heterocycles. The van der Waals surface area contributed by atoms with Gasteiger partial charge in [0.1, 0.15) is 10.8 Å². The van der Waals surface area contributed by atoms with Gasteiger partial charge in [-0.15, -0.1) is 0 Å². The van der Waals surface area contributed by atoms with Gasteiger partial charge in [-0.3, -0.25) is 4.79 Å². The minimum absolute atomic E-state index is 0.144. The van der Waals surface area contributed by atoms with E-state index in [9.17, 15) is 4.79 Å². The fourth-order valence-corrected chi connectivity index (χ4v) is 2.87. The summed E-state index contributed by atoms with van der Waals surface area (Å²) in [5.41, 5.74) is 8.86. The fraction of sp³-hybridized carbons (Fsp3) is 0.357. The molecule has 0 aliphatic carbocycles. The summed E-state index contributed by atoms with van der Waals surface area (Å²) < 4.78 is 5.83. The first-order valence-electron chi connectivity index (χ1n) is 6.77. The number of oxime groups is 1. The smallest absolute Gasteiger partial charge is 0.322 e. The SMILES string of the molecule is Cc1cc(N)c(C=NO)c(C)c1OCCCc1n[nH]c(=O)s1. The van der Waals surface area contributed by atoms with E-state index in [1.54, 1.807) is 6.07 Å². The van der Waals surface area contributed by atoms with Crippen LogP contribution in [0.3, 0.4) is 0 Å². The van der Waals surface area contributed by atoms with Gasteiger partial charge in [0.2, 0.25) is 0 Å². The van der Waals surface area contributed by atoms with Crippen molar-refractivity contribution in [3.05, 3.63) is 37.4 Å². The number of aryl methyl sites for hydroxylation is 2. The second kappa shape index (κ2) is 7.08. The number of benzene rings is 1. The van der Waals surface area contributed by atoms with E-state index in [1.165, 1.54) is 6.21 Å². The number of nitrogens with zero attached hydrogens (tertiary/aromatic N) is 2. The molecule has 0 bridgehead atoms. The Morgan fingerprint density at radius 3 is 2.95 bits per heavy atom. The molecule has 0 fully saturated rings. The molecule has 0 aliphatic rings. The molecular weight excluding hydrogens is 304 g/mol. The standard InChI is InChI=1S/C14H18N4O3S/c1-8-6-11(15)10(7-16-20)9(2)13(8)21-5-3-4-12-17-18-14(19)22-12/h6-7,20H,3-5,15H2,1-2H3,(H,18,19). The Morgan fingerprint density at radius 2 is 2.32 bits per heavy atom. The second-order valence-corrected chi connectivity index (χ2v) is 5.90. The first-order chi connectivity index (χ1) is 10.5. The van der Waals surface area contributed by atoms with Crippen molar-refractivity contribution in [2.24, 2.45) is 5.16 Å². The van der Waals surface area contributed by atoms with Gasteiger partial charge in [-0.05, 0) is 31.9 Å². The number of hydrogen-bond acceptors (Lipinski definition) is 7. The summed E-state index contributed by atoms with van der Waals surface area (Å²) in [5.74, 6) is 0.735. The lowest BCUT2D eigenvalue weighted by atomic mass is 10.0. The maximum absolute atomic E-state index is 11.0. The van der Waals surface area contributed by atoms with Gasteiger partial charge in [-0.25, -0.2) is 5.10 Å². The lowest BCUT2D eigenvalue weighted by Crippen LogP contribution is -2.06. The van der Waals surface area contributed by atoms with Crippen molar-refractivity contribution in [2.75, 3.05) is 12.3 Å². The van der Waals surface area contributed by atoms with Crippen LogP contribution in [0, 0.1) is 13.8 Å². The fourth-order valence-electron chi connectivity index (χ4n) is 2.23. The van der Waals surface area contributed by atoms with Crippen LogP contribution in [0.15, 0.2) is 16.0 Å². The molecule has 2 rings (SSSR count). The van der Waals surface area contributed by atoms with Gasteiger partial charge in [0.05, 0.1) is 12.8 Å². The molecule has 0 atom stereocenters. The van der Waals surface area contributed by atoms with Crippen molar-refractivity contribution in [3.8, 4) is 5.75 Å². The summed E-state index contributed by atoms with van der Waals surface area (Å²) in [5, 5.41) is 18.8. The molecule has 118 valence electrons. The Labute approximate surface area is 131 Å². The lowest BCUT2D eigenvalue weighted by molar-refractivity contribution is 0.306. The van der Waals surface area contributed by atoms with E-state index in [2.05, 4.69) is 15.4 Å². The summed E-state index contributed by atoms with van der Waals surface area (Å²) in [6.07, 6.45) is 2.73. The maximum Gasteiger partial charge on any atom is 0.322 e. The molecule has 0 amide bonds. The van der Waals surface area contributed by atoms with Crippen molar-refractivity contribution < 1.29 is 9.94 Å². The molecule has 0 saturated heterocycles. The molecule has 2 aromatic rings. The molecule has 7 nitrogen and oxygen atoms in total. The Kier molecular flexibility index (Phi) is 5.16. The van der Waals surface area contributed by atoms with E-state index in [0.29, 0.717) is 24.3 Å². The third-order valence-electron chi connectivity index (χ3n) is 3.24. The predicted molar refractivity (Wildman–Crippen MR) is 86.3 cm³/mol. The van der Waals surface area contributed by atoms with Gasteiger partial charge in [-0.1, -0.05) is 16.5 Å². The Bertz CT molecular complexity index is 736. The average Bonchev–Trinajstić information content (AvgIpc) is 2.88. The minimum Gasteiger partial charge on any atom is -0.493 e. The number of nitrogen functional groups attached to an aromatic ring is 1. The zero-order valence-corrected chi connectivity index (χ0v) is 13.2. The second-order valence-electron chi connectivity index (χ2n) is 4.85. The first-order valence-corrected chi connectivity index (χ1v) is 7.59. The van der Waals surface area contributed by atoms with Gasteiger partial charge in [0, 0.05) is 23.2 Å².